The number of aliphatic hydroxyl groups is 1. The first kappa shape index (κ1) is 45.4. The van der Waals surface area contributed by atoms with Crippen molar-refractivity contribution in [2.45, 2.75) is 71.1 Å². The van der Waals surface area contributed by atoms with Gasteiger partial charge < -0.3 is 20.3 Å². The predicted molar refractivity (Wildman–Crippen MR) is 201 cm³/mol. The third-order valence-corrected chi connectivity index (χ3v) is 9.29. The molecule has 1 aliphatic carbocycles. The molecule has 0 aliphatic heterocycles. The second-order valence-electron chi connectivity index (χ2n) is 13.2. The molecule has 2 atom stereocenters. The number of alkyl halides is 2. The zero-order valence-electron chi connectivity index (χ0n) is 32.1. The fraction of sp³-hybridized carbons (Fsp3) is 0.342. The zero-order chi connectivity index (χ0) is 41.3. The molecule has 0 saturated carbocycles. The first-order valence-corrected chi connectivity index (χ1v) is 19.2. The number of rotatable bonds is 10. The maximum Gasteiger partial charge on any atom is 1.00 e. The predicted octanol–water partition coefficient (Wildman–Crippen LogP) is 2.12. The summed E-state index contributed by atoms with van der Waals surface area (Å²) >= 11 is 6.61. The number of carbonyl (C=O) groups is 2. The summed E-state index contributed by atoms with van der Waals surface area (Å²) in [5.41, 5.74) is -1.52. The van der Waals surface area contributed by atoms with E-state index in [1.54, 1.807) is 31.3 Å². The smallest absolute Gasteiger partial charge is 0.543 e. The minimum absolute atomic E-state index is 0. The van der Waals surface area contributed by atoms with E-state index in [1.165, 1.54) is 24.8 Å². The molecular formula is C38H37ClF4N7NaO5S. The Morgan fingerprint density at radius 2 is 1.75 bits per heavy atom. The fourth-order valence-corrected chi connectivity index (χ4v) is 7.10. The van der Waals surface area contributed by atoms with Gasteiger partial charge in [-0.25, -0.2) is 18.0 Å². The van der Waals surface area contributed by atoms with Gasteiger partial charge in [0.1, 0.15) is 51.8 Å². The zero-order valence-corrected chi connectivity index (χ0v) is 35.6. The number of carbonyl (C=O) groups excluding carboxylic acids is 2. The fourth-order valence-electron chi connectivity index (χ4n) is 6.44. The van der Waals surface area contributed by atoms with E-state index < -0.39 is 76.4 Å². The number of fused-ring (bicyclic) bond motifs is 2. The van der Waals surface area contributed by atoms with Crippen molar-refractivity contribution in [3.05, 3.63) is 93.0 Å². The normalized spacial score (nSPS) is 14.0. The molecule has 0 radical (unpaired) electrons. The van der Waals surface area contributed by atoms with Crippen molar-refractivity contribution in [1.29, 1.82) is 0 Å². The number of carboxylic acid groups (broad SMARTS) is 1. The summed E-state index contributed by atoms with van der Waals surface area (Å²) in [6, 6.07) is 7.92. The van der Waals surface area contributed by atoms with Crippen LogP contribution in [0.3, 0.4) is 0 Å². The van der Waals surface area contributed by atoms with Gasteiger partial charge in [-0.2, -0.15) is 19.0 Å². The molecule has 0 bridgehead atoms. The van der Waals surface area contributed by atoms with Gasteiger partial charge in [0.2, 0.25) is 5.91 Å². The molecule has 1 aliphatic rings. The molecule has 19 heteroatoms. The van der Waals surface area contributed by atoms with E-state index in [2.05, 4.69) is 32.1 Å². The van der Waals surface area contributed by atoms with Crippen molar-refractivity contribution in [2.75, 3.05) is 11.0 Å². The van der Waals surface area contributed by atoms with Crippen molar-refractivity contribution in [3.8, 4) is 23.0 Å². The second-order valence-corrected chi connectivity index (χ2v) is 14.7. The van der Waals surface area contributed by atoms with Gasteiger partial charge >= 0.3 is 29.6 Å². The number of halogens is 5. The number of hydrogen-bond acceptors (Lipinski definition) is 8. The number of anilines is 1. The van der Waals surface area contributed by atoms with Gasteiger partial charge in [-0.15, -0.1) is 0 Å². The van der Waals surface area contributed by atoms with E-state index in [9.17, 15) is 41.6 Å². The molecule has 3 N–H and O–H groups in total. The number of nitrogens with one attached hydrogen (secondary N) is 2. The van der Waals surface area contributed by atoms with Gasteiger partial charge in [-0.05, 0) is 68.5 Å². The molecule has 0 saturated heterocycles. The Balaban J connectivity index is 0.00000236. The molecule has 2 aromatic carbocycles. The number of aromatic nitrogens is 5. The van der Waals surface area contributed by atoms with Crippen molar-refractivity contribution in [1.82, 2.24) is 29.9 Å². The number of benzene rings is 2. The Morgan fingerprint density at radius 3 is 2.37 bits per heavy atom. The molecule has 3 aromatic heterocycles. The maximum absolute atomic E-state index is 15.0. The van der Waals surface area contributed by atoms with Crippen LogP contribution in [-0.4, -0.2) is 57.6 Å². The summed E-state index contributed by atoms with van der Waals surface area (Å²) in [6.45, 7) is 6.06. The summed E-state index contributed by atoms with van der Waals surface area (Å²) in [5.74, 6) is -2.32. The monoisotopic (exact) mass is 837 g/mol. The minimum atomic E-state index is -3.47. The number of aryl methyl sites for hydroxylation is 1. The van der Waals surface area contributed by atoms with Gasteiger partial charge in [0.15, 0.2) is 5.82 Å². The summed E-state index contributed by atoms with van der Waals surface area (Å²) in [4.78, 5) is 30.3. The van der Waals surface area contributed by atoms with Crippen LogP contribution in [-0.2, 0) is 48.1 Å². The standard InChI is InChI=1S/C36H32ClF4N7O5S.C2H6.Na/c1-35(2,52)11-9-21-5-6-22(23-7-8-25(37)28-31(23)47(3)45-33(28)46-54(4)53)29(42-21)26(15-18-13-19(38)16-20(39)14-18)43-27(49)17-48-32-24(10-12-36(32,40)41)30(44-48)34(50)51;1-2;/h5-8,13-14,16,26,52H,10,12,15,17H2,1-4H3,(H,43,49)(H,45,46)(H,50,51);1-2H3;/q;;+1/p-1. The van der Waals surface area contributed by atoms with Gasteiger partial charge in [-0.1, -0.05) is 37.4 Å². The molecule has 296 valence electrons. The van der Waals surface area contributed by atoms with E-state index in [-0.39, 0.29) is 75.8 Å². The van der Waals surface area contributed by atoms with E-state index in [0.29, 0.717) is 32.8 Å². The summed E-state index contributed by atoms with van der Waals surface area (Å²) in [5, 5.41) is 33.6. The Hall–Kier alpha value is -4.31. The molecule has 57 heavy (non-hydrogen) atoms. The van der Waals surface area contributed by atoms with Gasteiger partial charge in [0.05, 0.1) is 33.6 Å². The first-order valence-electron chi connectivity index (χ1n) is 17.3. The van der Waals surface area contributed by atoms with Gasteiger partial charge in [0.25, 0.3) is 5.92 Å². The molecule has 1 amide bonds. The number of pyridine rings is 1. The maximum atomic E-state index is 15.0. The SMILES string of the molecule is CC.Cn1nc(NS(C)=O)c2c(Cl)ccc(-c3ccc(C#CC(C)(C)O)nc3C(Cc3cc(F)cc(F)c3)NC(=O)Cn3nc(C(=O)[O-])c4c3C(F)(F)CC4)c21.[Na+]. The molecule has 12 nitrogen and oxygen atoms in total. The number of hydrogen-bond donors (Lipinski definition) is 3. The number of aromatic carboxylic acids is 1. The van der Waals surface area contributed by atoms with Crippen LogP contribution in [0.5, 0.6) is 0 Å². The average molecular weight is 838 g/mol. The third-order valence-electron chi connectivity index (χ3n) is 8.49. The topological polar surface area (TPSA) is 167 Å². The minimum Gasteiger partial charge on any atom is -0.543 e. The number of amides is 1. The first-order chi connectivity index (χ1) is 26.3. The molecular weight excluding hydrogens is 801 g/mol. The second kappa shape index (κ2) is 18.1. The Bertz CT molecular complexity index is 2420. The Labute approximate surface area is 355 Å². The largest absolute Gasteiger partial charge is 1.00 e. The average Bonchev–Trinajstić information content (AvgIpc) is 3.74. The Morgan fingerprint density at radius 1 is 1.11 bits per heavy atom. The molecule has 0 spiro atoms. The molecule has 2 unspecified atom stereocenters. The van der Waals surface area contributed by atoms with E-state index in [0.717, 1.165) is 12.1 Å². The van der Waals surface area contributed by atoms with Crippen LogP contribution >= 0.6 is 11.6 Å². The van der Waals surface area contributed by atoms with Crippen molar-refractivity contribution >= 4 is 51.2 Å². The van der Waals surface area contributed by atoms with Crippen LogP contribution in [0, 0.1) is 23.5 Å². The quantitative estimate of drug-likeness (QED) is 0.109. The van der Waals surface area contributed by atoms with Crippen molar-refractivity contribution in [2.24, 2.45) is 7.05 Å². The molecule has 6 rings (SSSR count). The van der Waals surface area contributed by atoms with E-state index in [1.807, 2.05) is 13.8 Å². The summed E-state index contributed by atoms with van der Waals surface area (Å²) < 4.78 is 75.9. The van der Waals surface area contributed by atoms with Gasteiger partial charge in [0, 0.05) is 42.5 Å². The van der Waals surface area contributed by atoms with Crippen LogP contribution in [0.25, 0.3) is 22.0 Å². The number of carboxylic acids is 1. The van der Waals surface area contributed by atoms with Crippen molar-refractivity contribution in [3.63, 3.8) is 0 Å². The molecule has 5 aromatic rings. The van der Waals surface area contributed by atoms with Crippen LogP contribution in [0.4, 0.5) is 23.4 Å². The summed E-state index contributed by atoms with van der Waals surface area (Å²) in [7, 11) is 0.0900. The number of nitrogens with zero attached hydrogens (tertiary/aromatic N) is 5. The van der Waals surface area contributed by atoms with Crippen LogP contribution in [0.1, 0.15) is 78.9 Å². The molecule has 3 heterocycles. The van der Waals surface area contributed by atoms with Crippen LogP contribution < -0.4 is 44.7 Å². The van der Waals surface area contributed by atoms with Gasteiger partial charge in [-0.3, -0.25) is 18.9 Å². The van der Waals surface area contributed by atoms with E-state index >= 15 is 0 Å². The third kappa shape index (κ3) is 10.2. The summed E-state index contributed by atoms with van der Waals surface area (Å²) in [6.07, 6.45) is 0.150. The van der Waals surface area contributed by atoms with Crippen molar-refractivity contribution < 1.29 is 71.1 Å². The van der Waals surface area contributed by atoms with Crippen LogP contribution in [0.2, 0.25) is 5.02 Å². The Kier molecular flexibility index (Phi) is 14.4. The molecule has 0 fully saturated rings. The van der Waals surface area contributed by atoms with Crippen LogP contribution in [0.15, 0.2) is 42.5 Å². The van der Waals surface area contributed by atoms with E-state index in [4.69, 9.17) is 16.6 Å².